The third-order valence-corrected chi connectivity index (χ3v) is 3.97. The number of piperidine rings is 1. The monoisotopic (exact) mass is 252 g/mol. The summed E-state index contributed by atoms with van der Waals surface area (Å²) in [6, 6.07) is 8.99. The molecule has 2 rings (SSSR count). The molecule has 2 N–H and O–H groups in total. The lowest BCUT2D eigenvalue weighted by Gasteiger charge is -2.33. The van der Waals surface area contributed by atoms with Gasteiger partial charge in [0, 0.05) is 17.1 Å². The van der Waals surface area contributed by atoms with E-state index in [1.165, 1.54) is 12.0 Å². The van der Waals surface area contributed by atoms with Gasteiger partial charge in [-0.3, -0.25) is 0 Å². The normalized spacial score (nSPS) is 26.8. The van der Waals surface area contributed by atoms with Crippen LogP contribution in [0.1, 0.15) is 31.9 Å². The molecule has 0 spiro atoms. The van der Waals surface area contributed by atoms with Gasteiger partial charge in [-0.1, -0.05) is 36.7 Å². The molecule has 1 aliphatic heterocycles. The molecule has 1 aromatic carbocycles. The maximum Gasteiger partial charge on any atom is 0.0453 e. The van der Waals surface area contributed by atoms with Gasteiger partial charge in [0.1, 0.15) is 0 Å². The van der Waals surface area contributed by atoms with Crippen LogP contribution in [0.15, 0.2) is 24.3 Å². The standard InChI is InChI=1S/C14H21ClN2/c1-10-9-16-8-7-14(10)17-11(2)12-5-3-4-6-13(12)15/h3-6,10-11,14,16-17H,7-9H2,1-2H3. The Hall–Kier alpha value is -0.570. The number of benzene rings is 1. The van der Waals surface area contributed by atoms with E-state index < -0.39 is 0 Å². The first kappa shape index (κ1) is 12.9. The Morgan fingerprint density at radius 3 is 2.88 bits per heavy atom. The van der Waals surface area contributed by atoms with Gasteiger partial charge in [0.15, 0.2) is 0 Å². The van der Waals surface area contributed by atoms with E-state index in [9.17, 15) is 0 Å². The fraction of sp³-hybridized carbons (Fsp3) is 0.571. The minimum atomic E-state index is 0.314. The zero-order valence-electron chi connectivity index (χ0n) is 10.5. The zero-order valence-corrected chi connectivity index (χ0v) is 11.3. The van der Waals surface area contributed by atoms with Gasteiger partial charge in [-0.2, -0.15) is 0 Å². The fourth-order valence-electron chi connectivity index (χ4n) is 2.50. The van der Waals surface area contributed by atoms with Crippen molar-refractivity contribution in [2.24, 2.45) is 5.92 Å². The summed E-state index contributed by atoms with van der Waals surface area (Å²) in [7, 11) is 0. The van der Waals surface area contributed by atoms with Gasteiger partial charge in [-0.05, 0) is 44.0 Å². The van der Waals surface area contributed by atoms with Crippen molar-refractivity contribution in [3.05, 3.63) is 34.9 Å². The quantitative estimate of drug-likeness (QED) is 0.864. The summed E-state index contributed by atoms with van der Waals surface area (Å²) in [6.07, 6.45) is 1.19. The highest BCUT2D eigenvalue weighted by molar-refractivity contribution is 6.31. The highest BCUT2D eigenvalue weighted by Gasteiger charge is 2.23. The molecule has 0 radical (unpaired) electrons. The van der Waals surface area contributed by atoms with Gasteiger partial charge in [0.05, 0.1) is 0 Å². The lowest BCUT2D eigenvalue weighted by molar-refractivity contribution is 0.278. The van der Waals surface area contributed by atoms with Crippen molar-refractivity contribution in [1.29, 1.82) is 0 Å². The average molecular weight is 253 g/mol. The lowest BCUT2D eigenvalue weighted by Crippen LogP contribution is -2.47. The van der Waals surface area contributed by atoms with E-state index in [4.69, 9.17) is 11.6 Å². The molecule has 1 aromatic rings. The van der Waals surface area contributed by atoms with Crippen molar-refractivity contribution in [2.45, 2.75) is 32.4 Å². The van der Waals surface area contributed by atoms with Gasteiger partial charge < -0.3 is 10.6 Å². The van der Waals surface area contributed by atoms with E-state index >= 15 is 0 Å². The van der Waals surface area contributed by atoms with Gasteiger partial charge in [-0.25, -0.2) is 0 Å². The minimum absolute atomic E-state index is 0.314. The summed E-state index contributed by atoms with van der Waals surface area (Å²) >= 11 is 6.22. The number of halogens is 1. The van der Waals surface area contributed by atoms with Crippen LogP contribution in [0.5, 0.6) is 0 Å². The van der Waals surface area contributed by atoms with E-state index in [0.717, 1.165) is 18.1 Å². The Kier molecular flexibility index (Phi) is 4.43. The Morgan fingerprint density at radius 2 is 2.18 bits per heavy atom. The predicted molar refractivity (Wildman–Crippen MR) is 73.4 cm³/mol. The maximum atomic E-state index is 6.22. The molecule has 1 saturated heterocycles. The molecule has 1 fully saturated rings. The first-order valence-corrected chi connectivity index (χ1v) is 6.77. The number of hydrogen-bond donors (Lipinski definition) is 2. The van der Waals surface area contributed by atoms with Crippen LogP contribution in [0.4, 0.5) is 0 Å². The van der Waals surface area contributed by atoms with Crippen LogP contribution >= 0.6 is 11.6 Å². The second kappa shape index (κ2) is 5.85. The smallest absolute Gasteiger partial charge is 0.0453 e. The molecule has 0 aromatic heterocycles. The van der Waals surface area contributed by atoms with Crippen molar-refractivity contribution in [2.75, 3.05) is 13.1 Å². The topological polar surface area (TPSA) is 24.1 Å². The lowest BCUT2D eigenvalue weighted by atomic mass is 9.94. The van der Waals surface area contributed by atoms with E-state index in [-0.39, 0.29) is 0 Å². The fourth-order valence-corrected chi connectivity index (χ4v) is 2.80. The molecule has 1 heterocycles. The molecule has 3 heteroatoms. The zero-order chi connectivity index (χ0) is 12.3. The van der Waals surface area contributed by atoms with Gasteiger partial charge in [0.2, 0.25) is 0 Å². The SMILES string of the molecule is CC(NC1CCNCC1C)c1ccccc1Cl. The third kappa shape index (κ3) is 3.21. The van der Waals surface area contributed by atoms with Crippen LogP contribution in [0.3, 0.4) is 0 Å². The van der Waals surface area contributed by atoms with E-state index in [1.54, 1.807) is 0 Å². The van der Waals surface area contributed by atoms with Crippen LogP contribution in [0.25, 0.3) is 0 Å². The number of rotatable bonds is 3. The molecule has 0 amide bonds. The summed E-state index contributed by atoms with van der Waals surface area (Å²) in [5, 5.41) is 7.98. The summed E-state index contributed by atoms with van der Waals surface area (Å²) in [5.74, 6) is 0.675. The molecule has 0 saturated carbocycles. The van der Waals surface area contributed by atoms with Crippen molar-refractivity contribution >= 4 is 11.6 Å². The first-order chi connectivity index (χ1) is 8.18. The van der Waals surface area contributed by atoms with Crippen LogP contribution in [-0.2, 0) is 0 Å². The molecule has 3 unspecified atom stereocenters. The summed E-state index contributed by atoms with van der Waals surface area (Å²) < 4.78 is 0. The van der Waals surface area contributed by atoms with Crippen LogP contribution in [0.2, 0.25) is 5.02 Å². The van der Waals surface area contributed by atoms with Crippen LogP contribution < -0.4 is 10.6 Å². The average Bonchev–Trinajstić information content (AvgIpc) is 2.32. The summed E-state index contributed by atoms with van der Waals surface area (Å²) in [6.45, 7) is 6.70. The van der Waals surface area contributed by atoms with E-state index in [0.29, 0.717) is 18.0 Å². The molecular formula is C14H21ClN2. The van der Waals surface area contributed by atoms with Crippen molar-refractivity contribution in [3.63, 3.8) is 0 Å². The molecule has 1 aliphatic rings. The summed E-state index contributed by atoms with van der Waals surface area (Å²) in [5.41, 5.74) is 1.19. The second-order valence-corrected chi connectivity index (χ2v) is 5.39. The van der Waals surface area contributed by atoms with E-state index in [1.807, 2.05) is 18.2 Å². The first-order valence-electron chi connectivity index (χ1n) is 6.39. The predicted octanol–water partition coefficient (Wildman–Crippen LogP) is 2.99. The minimum Gasteiger partial charge on any atom is -0.316 e. The molecule has 0 bridgehead atoms. The Bertz CT molecular complexity index is 367. The Labute approximate surface area is 109 Å². The van der Waals surface area contributed by atoms with Gasteiger partial charge in [0.25, 0.3) is 0 Å². The Morgan fingerprint density at radius 1 is 1.41 bits per heavy atom. The van der Waals surface area contributed by atoms with Crippen molar-refractivity contribution in [1.82, 2.24) is 10.6 Å². The van der Waals surface area contributed by atoms with Crippen molar-refractivity contribution in [3.8, 4) is 0 Å². The third-order valence-electron chi connectivity index (χ3n) is 3.62. The van der Waals surface area contributed by atoms with Crippen molar-refractivity contribution < 1.29 is 0 Å². The highest BCUT2D eigenvalue weighted by Crippen LogP contribution is 2.24. The molecule has 2 nitrogen and oxygen atoms in total. The van der Waals surface area contributed by atoms with Gasteiger partial charge in [-0.15, -0.1) is 0 Å². The molecule has 94 valence electrons. The van der Waals surface area contributed by atoms with Crippen LogP contribution in [-0.4, -0.2) is 19.1 Å². The van der Waals surface area contributed by atoms with Gasteiger partial charge >= 0.3 is 0 Å². The number of nitrogens with one attached hydrogen (secondary N) is 2. The maximum absolute atomic E-state index is 6.22. The van der Waals surface area contributed by atoms with E-state index in [2.05, 4.69) is 30.5 Å². The number of hydrogen-bond acceptors (Lipinski definition) is 2. The molecule has 17 heavy (non-hydrogen) atoms. The second-order valence-electron chi connectivity index (χ2n) is 4.99. The van der Waals surface area contributed by atoms with Crippen LogP contribution in [0, 0.1) is 5.92 Å². The summed E-state index contributed by atoms with van der Waals surface area (Å²) in [4.78, 5) is 0. The largest absolute Gasteiger partial charge is 0.316 e. The Balaban J connectivity index is 2.01. The molecule has 3 atom stereocenters. The highest BCUT2D eigenvalue weighted by atomic mass is 35.5. The molecular weight excluding hydrogens is 232 g/mol. The molecule has 0 aliphatic carbocycles.